The number of pyridine rings is 2. The lowest BCUT2D eigenvalue weighted by Gasteiger charge is -2.25. The van der Waals surface area contributed by atoms with Crippen LogP contribution in [0, 0.1) is 6.92 Å². The molecule has 1 aliphatic heterocycles. The zero-order valence-electron chi connectivity index (χ0n) is 16.7. The minimum Gasteiger partial charge on any atom is -0.386 e. The van der Waals surface area contributed by atoms with E-state index >= 15 is 0 Å². The Balaban J connectivity index is 1.68. The Labute approximate surface area is 166 Å². The highest BCUT2D eigenvalue weighted by atomic mass is 15.0. The lowest BCUT2D eigenvalue weighted by molar-refractivity contribution is 0.526. The second-order valence-electron chi connectivity index (χ2n) is 7.62. The molecule has 2 atom stereocenters. The Morgan fingerprint density at radius 1 is 1.11 bits per heavy atom. The molecule has 0 aromatic carbocycles. The Morgan fingerprint density at radius 3 is 2.64 bits per heavy atom. The SMILES string of the molecule is CC1=CC(C[C@H](CN)c2cncc(CCc3cc(C)cc(N)n3)c2)NC(N)=C1. The van der Waals surface area contributed by atoms with E-state index in [1.54, 1.807) is 0 Å². The predicted molar refractivity (Wildman–Crippen MR) is 114 cm³/mol. The molecule has 2 aromatic rings. The zero-order valence-corrected chi connectivity index (χ0v) is 16.7. The van der Waals surface area contributed by atoms with Crippen molar-refractivity contribution in [3.63, 3.8) is 0 Å². The van der Waals surface area contributed by atoms with Gasteiger partial charge in [-0.1, -0.05) is 12.1 Å². The minimum atomic E-state index is 0.182. The number of nitrogens with one attached hydrogen (secondary N) is 1. The second-order valence-corrected chi connectivity index (χ2v) is 7.62. The summed E-state index contributed by atoms with van der Waals surface area (Å²) >= 11 is 0. The second kappa shape index (κ2) is 8.89. The number of nitrogens with zero attached hydrogens (tertiary/aromatic N) is 2. The summed E-state index contributed by atoms with van der Waals surface area (Å²) in [6, 6.07) is 6.36. The summed E-state index contributed by atoms with van der Waals surface area (Å²) in [5.74, 6) is 1.49. The number of anilines is 1. The number of rotatable bonds is 7. The quantitative estimate of drug-likeness (QED) is 0.587. The average Bonchev–Trinajstić information content (AvgIpc) is 2.63. The van der Waals surface area contributed by atoms with Crippen LogP contribution in [0.15, 0.2) is 54.1 Å². The van der Waals surface area contributed by atoms with E-state index in [9.17, 15) is 0 Å². The molecule has 0 saturated carbocycles. The first-order valence-electron chi connectivity index (χ1n) is 9.72. The lowest BCUT2D eigenvalue weighted by atomic mass is 9.90. The normalized spacial score (nSPS) is 17.5. The van der Waals surface area contributed by atoms with Crippen LogP contribution in [0.2, 0.25) is 0 Å². The van der Waals surface area contributed by atoms with Crippen LogP contribution >= 0.6 is 0 Å². The highest BCUT2D eigenvalue weighted by Crippen LogP contribution is 2.23. The summed E-state index contributed by atoms with van der Waals surface area (Å²) in [6.45, 7) is 4.66. The molecule has 0 fully saturated rings. The Bertz CT molecular complexity index is 866. The van der Waals surface area contributed by atoms with Crippen LogP contribution in [0.5, 0.6) is 0 Å². The first-order chi connectivity index (χ1) is 13.4. The highest BCUT2D eigenvalue weighted by molar-refractivity contribution is 5.34. The number of aromatic nitrogens is 2. The van der Waals surface area contributed by atoms with Crippen LogP contribution in [0.3, 0.4) is 0 Å². The molecule has 7 N–H and O–H groups in total. The van der Waals surface area contributed by atoms with Crippen LogP contribution < -0.4 is 22.5 Å². The van der Waals surface area contributed by atoms with Gasteiger partial charge in [0, 0.05) is 24.1 Å². The van der Waals surface area contributed by atoms with Crippen molar-refractivity contribution in [2.45, 2.75) is 45.1 Å². The maximum absolute atomic E-state index is 6.09. The van der Waals surface area contributed by atoms with Crippen LogP contribution in [0.25, 0.3) is 0 Å². The van der Waals surface area contributed by atoms with Gasteiger partial charge in [0.2, 0.25) is 0 Å². The fourth-order valence-corrected chi connectivity index (χ4v) is 3.75. The van der Waals surface area contributed by atoms with Crippen molar-refractivity contribution in [2.75, 3.05) is 12.3 Å². The molecular weight excluding hydrogens is 348 g/mol. The summed E-state index contributed by atoms with van der Waals surface area (Å²) in [7, 11) is 0. The number of hydrogen-bond acceptors (Lipinski definition) is 6. The molecular formula is C22H30N6. The van der Waals surface area contributed by atoms with E-state index in [0.29, 0.717) is 18.2 Å². The van der Waals surface area contributed by atoms with Crippen LogP contribution in [0.1, 0.15) is 41.6 Å². The summed E-state index contributed by atoms with van der Waals surface area (Å²) in [6.07, 6.45) is 10.6. The van der Waals surface area contributed by atoms with Gasteiger partial charge in [0.25, 0.3) is 0 Å². The van der Waals surface area contributed by atoms with Gasteiger partial charge in [0.05, 0.1) is 5.82 Å². The van der Waals surface area contributed by atoms with Gasteiger partial charge in [0.15, 0.2) is 0 Å². The number of allylic oxidation sites excluding steroid dienone is 2. The van der Waals surface area contributed by atoms with E-state index in [2.05, 4.69) is 40.4 Å². The van der Waals surface area contributed by atoms with Crippen molar-refractivity contribution < 1.29 is 0 Å². The molecule has 0 amide bonds. The minimum absolute atomic E-state index is 0.182. The van der Waals surface area contributed by atoms with Gasteiger partial charge in [0.1, 0.15) is 5.82 Å². The van der Waals surface area contributed by atoms with Crippen LogP contribution in [0.4, 0.5) is 5.82 Å². The Hall–Kier alpha value is -2.86. The summed E-state index contributed by atoms with van der Waals surface area (Å²) < 4.78 is 0. The first-order valence-corrected chi connectivity index (χ1v) is 9.72. The third kappa shape index (κ3) is 5.33. The standard InChI is InChI=1S/C22H30N6/c1-14-5-19(27-21(24)7-14)4-3-16-9-18(13-26-12-16)17(11-23)10-20-6-15(2)8-22(25)28-20/h5-9,12-13,17,20,28H,3-4,10-11,23,25H2,1-2H3,(H2,24,27)/t17-,20?/m1/s1. The first kappa shape index (κ1) is 19.9. The smallest absolute Gasteiger partial charge is 0.123 e. The van der Waals surface area contributed by atoms with E-state index in [1.165, 1.54) is 11.1 Å². The van der Waals surface area contributed by atoms with Gasteiger partial charge in [-0.3, -0.25) is 4.98 Å². The van der Waals surface area contributed by atoms with Crippen molar-refractivity contribution in [2.24, 2.45) is 11.5 Å². The molecule has 3 heterocycles. The molecule has 6 heteroatoms. The molecule has 3 rings (SSSR count). The van der Waals surface area contributed by atoms with E-state index < -0.39 is 0 Å². The fraction of sp³-hybridized carbons (Fsp3) is 0.364. The number of nitrogen functional groups attached to an aromatic ring is 1. The van der Waals surface area contributed by atoms with Crippen molar-refractivity contribution >= 4 is 5.82 Å². The van der Waals surface area contributed by atoms with Crippen molar-refractivity contribution in [3.8, 4) is 0 Å². The van der Waals surface area contributed by atoms with E-state index in [0.717, 1.165) is 36.1 Å². The van der Waals surface area contributed by atoms with E-state index in [4.69, 9.17) is 17.2 Å². The molecule has 0 radical (unpaired) electrons. The molecule has 0 aliphatic carbocycles. The van der Waals surface area contributed by atoms with Gasteiger partial charge in [-0.2, -0.15) is 0 Å². The molecule has 0 bridgehead atoms. The number of aryl methyl sites for hydroxylation is 3. The largest absolute Gasteiger partial charge is 0.386 e. The number of dihydropyridines is 1. The van der Waals surface area contributed by atoms with Crippen LogP contribution in [-0.4, -0.2) is 22.6 Å². The third-order valence-corrected chi connectivity index (χ3v) is 5.02. The number of hydrogen-bond donors (Lipinski definition) is 4. The molecule has 0 spiro atoms. The van der Waals surface area contributed by atoms with Crippen molar-refractivity contribution in [1.82, 2.24) is 15.3 Å². The van der Waals surface area contributed by atoms with Crippen molar-refractivity contribution in [3.05, 3.63) is 76.5 Å². The van der Waals surface area contributed by atoms with Crippen LogP contribution in [-0.2, 0) is 12.8 Å². The monoisotopic (exact) mass is 378 g/mol. The third-order valence-electron chi connectivity index (χ3n) is 5.02. The number of nitrogens with two attached hydrogens (primary N) is 3. The van der Waals surface area contributed by atoms with Gasteiger partial charge < -0.3 is 22.5 Å². The summed E-state index contributed by atoms with van der Waals surface area (Å²) in [4.78, 5) is 8.87. The van der Waals surface area contributed by atoms with Gasteiger partial charge in [-0.15, -0.1) is 0 Å². The van der Waals surface area contributed by atoms with E-state index in [1.807, 2.05) is 31.5 Å². The maximum Gasteiger partial charge on any atom is 0.123 e. The molecule has 6 nitrogen and oxygen atoms in total. The fourth-order valence-electron chi connectivity index (χ4n) is 3.75. The predicted octanol–water partition coefficient (Wildman–Crippen LogP) is 2.30. The molecule has 0 saturated heterocycles. The maximum atomic E-state index is 6.09. The molecule has 28 heavy (non-hydrogen) atoms. The van der Waals surface area contributed by atoms with Gasteiger partial charge >= 0.3 is 0 Å². The topological polar surface area (TPSA) is 116 Å². The molecule has 148 valence electrons. The van der Waals surface area contributed by atoms with Gasteiger partial charge in [-0.25, -0.2) is 4.98 Å². The van der Waals surface area contributed by atoms with Gasteiger partial charge in [-0.05, 0) is 86.0 Å². The highest BCUT2D eigenvalue weighted by Gasteiger charge is 2.18. The van der Waals surface area contributed by atoms with E-state index in [-0.39, 0.29) is 12.0 Å². The summed E-state index contributed by atoms with van der Waals surface area (Å²) in [5.41, 5.74) is 23.6. The average molecular weight is 379 g/mol. The molecule has 1 aliphatic rings. The molecule has 1 unspecified atom stereocenters. The molecule has 2 aromatic heterocycles. The summed E-state index contributed by atoms with van der Waals surface area (Å²) in [5, 5.41) is 3.32. The van der Waals surface area contributed by atoms with Crippen molar-refractivity contribution in [1.29, 1.82) is 0 Å². The lowest BCUT2D eigenvalue weighted by Crippen LogP contribution is -2.35. The zero-order chi connectivity index (χ0) is 20.1. The Kier molecular flexibility index (Phi) is 6.31. The Morgan fingerprint density at radius 2 is 1.93 bits per heavy atom.